The topological polar surface area (TPSA) is 42.7 Å². The highest BCUT2D eigenvalue weighted by Crippen LogP contribution is 2.19. The van der Waals surface area contributed by atoms with E-state index < -0.39 is 0 Å². The van der Waals surface area contributed by atoms with Crippen LogP contribution in [0.4, 0.5) is 0 Å². The van der Waals surface area contributed by atoms with Crippen LogP contribution in [0.25, 0.3) is 0 Å². The van der Waals surface area contributed by atoms with Crippen molar-refractivity contribution < 1.29 is 0 Å². The highest BCUT2D eigenvalue weighted by atomic mass is 32.1. The van der Waals surface area contributed by atoms with E-state index in [4.69, 9.17) is 0 Å². The molecular formula is C13H18N4S. The molecule has 0 saturated heterocycles. The predicted molar refractivity (Wildman–Crippen MR) is 72.6 cm³/mol. The average Bonchev–Trinajstić information content (AvgIpc) is 3.01. The molecule has 0 unspecified atom stereocenters. The summed E-state index contributed by atoms with van der Waals surface area (Å²) in [6.45, 7) is 5.16. The first-order valence-electron chi connectivity index (χ1n) is 6.43. The van der Waals surface area contributed by atoms with Gasteiger partial charge in [-0.05, 0) is 48.2 Å². The maximum Gasteiger partial charge on any atom is 0.133 e. The van der Waals surface area contributed by atoms with Gasteiger partial charge in [-0.25, -0.2) is 0 Å². The molecule has 3 rings (SSSR count). The van der Waals surface area contributed by atoms with Gasteiger partial charge in [0, 0.05) is 19.5 Å². The Morgan fingerprint density at radius 3 is 3.28 bits per heavy atom. The summed E-state index contributed by atoms with van der Waals surface area (Å²) < 4.78 is 2.26. The molecule has 0 amide bonds. The van der Waals surface area contributed by atoms with Crippen molar-refractivity contribution in [2.24, 2.45) is 5.92 Å². The molecule has 0 aromatic carbocycles. The summed E-state index contributed by atoms with van der Waals surface area (Å²) in [5.41, 5.74) is 1.39. The Morgan fingerprint density at radius 1 is 1.50 bits per heavy atom. The van der Waals surface area contributed by atoms with E-state index in [9.17, 15) is 0 Å². The number of hydrogen-bond donors (Lipinski definition) is 1. The van der Waals surface area contributed by atoms with Crippen LogP contribution in [0.5, 0.6) is 0 Å². The first-order chi connectivity index (χ1) is 8.83. The molecule has 18 heavy (non-hydrogen) atoms. The van der Waals surface area contributed by atoms with Crippen LogP contribution in [0.3, 0.4) is 0 Å². The normalized spacial score (nSPS) is 18.8. The Bertz CT molecular complexity index is 503. The van der Waals surface area contributed by atoms with Crippen molar-refractivity contribution in [2.45, 2.75) is 32.9 Å². The van der Waals surface area contributed by atoms with Crippen LogP contribution in [-0.4, -0.2) is 21.3 Å². The summed E-state index contributed by atoms with van der Waals surface area (Å²) in [5, 5.41) is 16.2. The number of hydrogen-bond acceptors (Lipinski definition) is 4. The highest BCUT2D eigenvalue weighted by Gasteiger charge is 2.20. The average molecular weight is 262 g/mol. The molecule has 0 spiro atoms. The fraction of sp³-hybridized carbons (Fsp3) is 0.538. The van der Waals surface area contributed by atoms with E-state index in [0.29, 0.717) is 5.92 Å². The van der Waals surface area contributed by atoms with Gasteiger partial charge in [-0.1, -0.05) is 0 Å². The van der Waals surface area contributed by atoms with Gasteiger partial charge in [0.1, 0.15) is 11.6 Å². The smallest absolute Gasteiger partial charge is 0.133 e. The highest BCUT2D eigenvalue weighted by molar-refractivity contribution is 7.07. The molecule has 5 heteroatoms. The summed E-state index contributed by atoms with van der Waals surface area (Å²) in [6.07, 6.45) is 2.28. The number of fused-ring (bicyclic) bond motifs is 1. The largest absolute Gasteiger partial charge is 0.315 e. The number of nitrogens with zero attached hydrogens (tertiary/aromatic N) is 3. The summed E-state index contributed by atoms with van der Waals surface area (Å²) in [4.78, 5) is 0. The van der Waals surface area contributed by atoms with Gasteiger partial charge < -0.3 is 9.88 Å². The van der Waals surface area contributed by atoms with E-state index in [1.807, 2.05) is 6.92 Å². The lowest BCUT2D eigenvalue weighted by Gasteiger charge is -2.24. The van der Waals surface area contributed by atoms with Crippen LogP contribution in [0, 0.1) is 12.8 Å². The number of rotatable bonds is 4. The zero-order chi connectivity index (χ0) is 12.4. The molecule has 3 heterocycles. The van der Waals surface area contributed by atoms with Gasteiger partial charge in [0.05, 0.1) is 0 Å². The molecule has 1 N–H and O–H groups in total. The molecule has 96 valence electrons. The second-order valence-corrected chi connectivity index (χ2v) is 5.72. The minimum absolute atomic E-state index is 0.700. The minimum atomic E-state index is 0.700. The third kappa shape index (κ3) is 2.47. The first kappa shape index (κ1) is 11.9. The lowest BCUT2D eigenvalue weighted by atomic mass is 9.99. The van der Waals surface area contributed by atoms with Crippen LogP contribution in [0.2, 0.25) is 0 Å². The Balaban J connectivity index is 1.52. The summed E-state index contributed by atoms with van der Waals surface area (Å²) >= 11 is 1.76. The third-order valence-electron chi connectivity index (χ3n) is 3.57. The lowest BCUT2D eigenvalue weighted by Crippen LogP contribution is -2.30. The van der Waals surface area contributed by atoms with Crippen molar-refractivity contribution in [3.8, 4) is 0 Å². The standard InChI is InChI=1S/C13H18N4S/c1-10-15-16-13-3-2-11(8-17(10)13)6-14-7-12-4-5-18-9-12/h4-5,9,11,14H,2-3,6-8H2,1H3/t11-/m0/s1. The Labute approximate surface area is 111 Å². The van der Waals surface area contributed by atoms with E-state index in [1.165, 1.54) is 12.0 Å². The van der Waals surface area contributed by atoms with Crippen LogP contribution in [0.15, 0.2) is 16.8 Å². The lowest BCUT2D eigenvalue weighted by molar-refractivity contribution is 0.344. The second kappa shape index (κ2) is 5.20. The SMILES string of the molecule is Cc1nnc2n1C[C@H](CNCc1ccsc1)CC2. The molecule has 0 saturated carbocycles. The molecular weight excluding hydrogens is 244 g/mol. The number of thiophene rings is 1. The number of aryl methyl sites for hydroxylation is 2. The second-order valence-electron chi connectivity index (χ2n) is 4.94. The number of aromatic nitrogens is 3. The van der Waals surface area contributed by atoms with Crippen LogP contribution in [-0.2, 0) is 19.5 Å². The summed E-state index contributed by atoms with van der Waals surface area (Å²) in [7, 11) is 0. The van der Waals surface area contributed by atoms with Gasteiger partial charge >= 0.3 is 0 Å². The molecule has 1 aliphatic rings. The summed E-state index contributed by atoms with van der Waals surface area (Å²) in [5.74, 6) is 2.90. The fourth-order valence-electron chi connectivity index (χ4n) is 2.51. The van der Waals surface area contributed by atoms with Crippen molar-refractivity contribution in [3.63, 3.8) is 0 Å². The zero-order valence-corrected chi connectivity index (χ0v) is 11.4. The molecule has 2 aromatic heterocycles. The molecule has 0 aliphatic carbocycles. The molecule has 0 bridgehead atoms. The van der Waals surface area contributed by atoms with Gasteiger partial charge in [-0.2, -0.15) is 11.3 Å². The van der Waals surface area contributed by atoms with Gasteiger partial charge in [0.25, 0.3) is 0 Å². The Morgan fingerprint density at radius 2 is 2.44 bits per heavy atom. The van der Waals surface area contributed by atoms with E-state index in [-0.39, 0.29) is 0 Å². The zero-order valence-electron chi connectivity index (χ0n) is 10.6. The third-order valence-corrected chi connectivity index (χ3v) is 4.30. The van der Waals surface area contributed by atoms with Gasteiger partial charge in [-0.15, -0.1) is 10.2 Å². The molecule has 0 radical (unpaired) electrons. The van der Waals surface area contributed by atoms with E-state index in [2.05, 4.69) is 36.9 Å². The monoisotopic (exact) mass is 262 g/mol. The molecule has 1 aliphatic heterocycles. The fourth-order valence-corrected chi connectivity index (χ4v) is 3.18. The van der Waals surface area contributed by atoms with Crippen molar-refractivity contribution >= 4 is 11.3 Å². The Kier molecular flexibility index (Phi) is 3.43. The first-order valence-corrected chi connectivity index (χ1v) is 7.37. The summed E-state index contributed by atoms with van der Waals surface area (Å²) in [6, 6.07) is 2.18. The molecule has 1 atom stereocenters. The number of nitrogens with one attached hydrogen (secondary N) is 1. The maximum absolute atomic E-state index is 4.21. The van der Waals surface area contributed by atoms with Gasteiger partial charge in [0.2, 0.25) is 0 Å². The van der Waals surface area contributed by atoms with Gasteiger partial charge in [0.15, 0.2) is 0 Å². The minimum Gasteiger partial charge on any atom is -0.315 e. The van der Waals surface area contributed by atoms with Gasteiger partial charge in [-0.3, -0.25) is 0 Å². The van der Waals surface area contributed by atoms with E-state index in [1.54, 1.807) is 11.3 Å². The van der Waals surface area contributed by atoms with E-state index >= 15 is 0 Å². The van der Waals surface area contributed by atoms with Crippen LogP contribution < -0.4 is 5.32 Å². The molecule has 0 fully saturated rings. The maximum atomic E-state index is 4.21. The molecule has 4 nitrogen and oxygen atoms in total. The quantitative estimate of drug-likeness (QED) is 0.916. The van der Waals surface area contributed by atoms with Crippen molar-refractivity contribution in [1.29, 1.82) is 0 Å². The predicted octanol–water partition coefficient (Wildman–Crippen LogP) is 2.00. The Hall–Kier alpha value is -1.20. The van der Waals surface area contributed by atoms with Crippen molar-refractivity contribution in [2.75, 3.05) is 6.54 Å². The van der Waals surface area contributed by atoms with E-state index in [0.717, 1.165) is 37.7 Å². The molecule has 2 aromatic rings. The van der Waals surface area contributed by atoms with Crippen molar-refractivity contribution in [3.05, 3.63) is 34.0 Å². The van der Waals surface area contributed by atoms with Crippen molar-refractivity contribution in [1.82, 2.24) is 20.1 Å². The van der Waals surface area contributed by atoms with Crippen LogP contribution in [0.1, 0.15) is 23.6 Å². The van der Waals surface area contributed by atoms with Crippen LogP contribution >= 0.6 is 11.3 Å².